The van der Waals surface area contributed by atoms with Crippen LogP contribution in [0.2, 0.25) is 0 Å². The van der Waals surface area contributed by atoms with Gasteiger partial charge in [0, 0.05) is 17.4 Å². The third-order valence-electron chi connectivity index (χ3n) is 3.52. The number of carbonyl (C=O) groups is 1. The van der Waals surface area contributed by atoms with Gasteiger partial charge in [-0.05, 0) is 23.8 Å². The van der Waals surface area contributed by atoms with E-state index in [0.29, 0.717) is 6.42 Å². The summed E-state index contributed by atoms with van der Waals surface area (Å²) in [7, 11) is 0. The maximum Gasteiger partial charge on any atom is 0.252 e. The van der Waals surface area contributed by atoms with E-state index in [0.717, 1.165) is 29.4 Å². The van der Waals surface area contributed by atoms with E-state index in [9.17, 15) is 4.79 Å². The Morgan fingerprint density at radius 2 is 1.90 bits per heavy atom. The van der Waals surface area contributed by atoms with E-state index in [1.165, 1.54) is 11.1 Å². The topological polar surface area (TPSA) is 38.3 Å². The fourth-order valence-corrected chi connectivity index (χ4v) is 2.41. The molecule has 2 aromatic rings. The lowest BCUT2D eigenvalue weighted by atomic mass is 9.96. The van der Waals surface area contributed by atoms with Crippen molar-refractivity contribution in [1.29, 1.82) is 0 Å². The van der Waals surface area contributed by atoms with Crippen molar-refractivity contribution in [3.05, 3.63) is 41.5 Å². The molecule has 0 aliphatic rings. The van der Waals surface area contributed by atoms with Crippen molar-refractivity contribution in [1.82, 2.24) is 5.48 Å². The zero-order valence-corrected chi connectivity index (χ0v) is 12.3. The molecular formula is C17H21NO2. The molecule has 20 heavy (non-hydrogen) atoms. The van der Waals surface area contributed by atoms with Gasteiger partial charge in [0.25, 0.3) is 5.91 Å². The fraction of sp³-hybridized carbons (Fsp3) is 0.353. The third-order valence-corrected chi connectivity index (χ3v) is 3.52. The van der Waals surface area contributed by atoms with Crippen LogP contribution in [0.1, 0.15) is 38.3 Å². The second-order valence-corrected chi connectivity index (χ2v) is 4.75. The van der Waals surface area contributed by atoms with Crippen LogP contribution in [-0.2, 0) is 17.6 Å². The second-order valence-electron chi connectivity index (χ2n) is 4.75. The van der Waals surface area contributed by atoms with Crippen molar-refractivity contribution in [2.45, 2.75) is 40.0 Å². The molecule has 0 saturated heterocycles. The van der Waals surface area contributed by atoms with Gasteiger partial charge in [-0.3, -0.25) is 4.79 Å². The summed E-state index contributed by atoms with van der Waals surface area (Å²) in [5.41, 5.74) is 4.97. The average Bonchev–Trinajstić information content (AvgIpc) is 2.50. The van der Waals surface area contributed by atoms with Crippen molar-refractivity contribution in [3.63, 3.8) is 0 Å². The first-order chi connectivity index (χ1) is 9.71. The van der Waals surface area contributed by atoms with Crippen LogP contribution in [-0.4, -0.2) is 5.91 Å². The average molecular weight is 271 g/mol. The Morgan fingerprint density at radius 1 is 1.15 bits per heavy atom. The van der Waals surface area contributed by atoms with Gasteiger partial charge in [-0.2, -0.15) is 5.48 Å². The molecule has 2 rings (SSSR count). The summed E-state index contributed by atoms with van der Waals surface area (Å²) in [6, 6.07) is 10.3. The summed E-state index contributed by atoms with van der Waals surface area (Å²) < 4.78 is 0. The molecule has 0 aliphatic heterocycles. The van der Waals surface area contributed by atoms with E-state index in [2.05, 4.69) is 31.5 Å². The third kappa shape index (κ3) is 2.77. The predicted molar refractivity (Wildman–Crippen MR) is 81.8 cm³/mol. The quantitative estimate of drug-likeness (QED) is 0.840. The van der Waals surface area contributed by atoms with Crippen LogP contribution in [0.4, 0.5) is 0 Å². The number of rotatable bonds is 5. The van der Waals surface area contributed by atoms with Gasteiger partial charge in [-0.25, -0.2) is 0 Å². The normalized spacial score (nSPS) is 10.6. The van der Waals surface area contributed by atoms with Gasteiger partial charge in [-0.1, -0.05) is 51.1 Å². The Balaban J connectivity index is 2.54. The molecular weight excluding hydrogens is 250 g/mol. The van der Waals surface area contributed by atoms with Crippen LogP contribution < -0.4 is 10.3 Å². The molecule has 1 amide bonds. The van der Waals surface area contributed by atoms with E-state index in [-0.39, 0.29) is 5.91 Å². The lowest BCUT2D eigenvalue weighted by molar-refractivity contribution is -0.127. The van der Waals surface area contributed by atoms with Gasteiger partial charge in [0.2, 0.25) is 0 Å². The number of amides is 1. The molecule has 0 spiro atoms. The number of hydroxylamine groups is 1. The minimum Gasteiger partial charge on any atom is -0.379 e. The van der Waals surface area contributed by atoms with E-state index >= 15 is 0 Å². The minimum absolute atomic E-state index is 0.113. The Morgan fingerprint density at radius 3 is 2.55 bits per heavy atom. The molecule has 0 aromatic heterocycles. The van der Waals surface area contributed by atoms with Crippen molar-refractivity contribution in [2.24, 2.45) is 0 Å². The first-order valence-corrected chi connectivity index (χ1v) is 7.20. The standard InChI is InChI=1S/C17H21NO2/c1-4-12-11-13-9-7-8-10-15(13)17(14(12)5-2)20-18-16(19)6-3/h7-11H,4-6H2,1-3H3,(H,18,19). The van der Waals surface area contributed by atoms with Crippen LogP contribution in [0, 0.1) is 0 Å². The van der Waals surface area contributed by atoms with Crippen molar-refractivity contribution in [2.75, 3.05) is 0 Å². The summed E-state index contributed by atoms with van der Waals surface area (Å²) >= 11 is 0. The first-order valence-electron chi connectivity index (χ1n) is 7.20. The molecule has 3 nitrogen and oxygen atoms in total. The van der Waals surface area contributed by atoms with Crippen LogP contribution in [0.5, 0.6) is 5.75 Å². The van der Waals surface area contributed by atoms with E-state index in [1.54, 1.807) is 6.92 Å². The molecule has 0 aliphatic carbocycles. The maximum atomic E-state index is 11.4. The van der Waals surface area contributed by atoms with Gasteiger partial charge in [0.05, 0.1) is 0 Å². The number of nitrogens with one attached hydrogen (secondary N) is 1. The summed E-state index contributed by atoms with van der Waals surface area (Å²) in [6.45, 7) is 6.05. The number of fused-ring (bicyclic) bond motifs is 1. The summed E-state index contributed by atoms with van der Waals surface area (Å²) in [6.07, 6.45) is 2.24. The SMILES string of the molecule is CCC(=O)NOc1c(CC)c(CC)cc2ccccc12. The van der Waals surface area contributed by atoms with E-state index < -0.39 is 0 Å². The Kier molecular flexibility index (Phi) is 4.61. The predicted octanol–water partition coefficient (Wildman–Crippen LogP) is 3.78. The molecule has 0 heterocycles. The Labute approximate surface area is 119 Å². The zero-order chi connectivity index (χ0) is 14.5. The molecule has 0 bridgehead atoms. The molecule has 3 heteroatoms. The van der Waals surface area contributed by atoms with E-state index in [1.807, 2.05) is 18.2 Å². The Bertz CT molecular complexity index is 620. The molecule has 0 atom stereocenters. The van der Waals surface area contributed by atoms with Crippen molar-refractivity contribution >= 4 is 16.7 Å². The number of aryl methyl sites for hydroxylation is 1. The maximum absolute atomic E-state index is 11.4. The van der Waals surface area contributed by atoms with Gasteiger partial charge in [0.1, 0.15) is 0 Å². The number of hydrogen-bond donors (Lipinski definition) is 1. The fourth-order valence-electron chi connectivity index (χ4n) is 2.41. The molecule has 0 saturated carbocycles. The highest BCUT2D eigenvalue weighted by Crippen LogP contribution is 2.33. The summed E-state index contributed by atoms with van der Waals surface area (Å²) in [5, 5.41) is 2.18. The van der Waals surface area contributed by atoms with Crippen LogP contribution >= 0.6 is 0 Å². The van der Waals surface area contributed by atoms with Crippen LogP contribution in [0.25, 0.3) is 10.8 Å². The minimum atomic E-state index is -0.113. The highest BCUT2D eigenvalue weighted by Gasteiger charge is 2.13. The van der Waals surface area contributed by atoms with Gasteiger partial charge in [0.15, 0.2) is 5.75 Å². The highest BCUT2D eigenvalue weighted by molar-refractivity contribution is 5.91. The molecule has 2 aromatic carbocycles. The summed E-state index contributed by atoms with van der Waals surface area (Å²) in [4.78, 5) is 17.1. The van der Waals surface area contributed by atoms with Gasteiger partial charge < -0.3 is 4.84 Å². The summed E-state index contributed by atoms with van der Waals surface area (Å²) in [5.74, 6) is 0.669. The number of benzene rings is 2. The second kappa shape index (κ2) is 6.42. The monoisotopic (exact) mass is 271 g/mol. The molecule has 106 valence electrons. The molecule has 0 unspecified atom stereocenters. The smallest absolute Gasteiger partial charge is 0.252 e. The Hall–Kier alpha value is -2.03. The zero-order valence-electron chi connectivity index (χ0n) is 12.3. The molecule has 0 fully saturated rings. The van der Waals surface area contributed by atoms with Gasteiger partial charge >= 0.3 is 0 Å². The van der Waals surface area contributed by atoms with E-state index in [4.69, 9.17) is 4.84 Å². The first kappa shape index (κ1) is 14.4. The molecule has 1 N–H and O–H groups in total. The molecule has 0 radical (unpaired) electrons. The lowest BCUT2D eigenvalue weighted by Crippen LogP contribution is -2.26. The van der Waals surface area contributed by atoms with Crippen LogP contribution in [0.15, 0.2) is 30.3 Å². The lowest BCUT2D eigenvalue weighted by Gasteiger charge is -2.16. The number of hydrogen-bond acceptors (Lipinski definition) is 2. The number of carbonyl (C=O) groups excluding carboxylic acids is 1. The highest BCUT2D eigenvalue weighted by atomic mass is 16.7. The van der Waals surface area contributed by atoms with Crippen molar-refractivity contribution in [3.8, 4) is 5.75 Å². The van der Waals surface area contributed by atoms with Gasteiger partial charge in [-0.15, -0.1) is 0 Å². The van der Waals surface area contributed by atoms with Crippen molar-refractivity contribution < 1.29 is 9.63 Å². The van der Waals surface area contributed by atoms with Crippen LogP contribution in [0.3, 0.4) is 0 Å². The largest absolute Gasteiger partial charge is 0.379 e.